The minimum absolute atomic E-state index is 0.208. The predicted octanol–water partition coefficient (Wildman–Crippen LogP) is 13.6. The first kappa shape index (κ1) is 38.4. The van der Waals surface area contributed by atoms with Gasteiger partial charge in [0.1, 0.15) is 11.5 Å². The molecule has 0 aliphatic heterocycles. The SMILES string of the molecule is CC1C=C(N(c2ccc(-c3ccccc3)cc2)c2cccnc2)C=C(F)C1c1ccc(C2C=CC(N(c3ccc(-c4ccccc4)cc3)c3cccnc3)=CC2(C)F)n1C. The topological polar surface area (TPSA) is 37.2 Å². The zero-order chi connectivity index (χ0) is 41.2. The number of nitrogens with zero attached hydrogens (tertiary/aromatic N) is 5. The molecule has 9 rings (SSSR count). The molecule has 4 unspecified atom stereocenters. The van der Waals surface area contributed by atoms with E-state index in [4.69, 9.17) is 0 Å². The van der Waals surface area contributed by atoms with Gasteiger partial charge in [0.15, 0.2) is 0 Å². The third kappa shape index (κ3) is 7.50. The van der Waals surface area contributed by atoms with Crippen molar-refractivity contribution >= 4 is 22.7 Å². The molecule has 4 atom stereocenters. The minimum Gasteiger partial charge on any atom is -0.350 e. The number of pyridine rings is 2. The van der Waals surface area contributed by atoms with Gasteiger partial charge in [-0.1, -0.05) is 104 Å². The largest absolute Gasteiger partial charge is 0.350 e. The fourth-order valence-corrected chi connectivity index (χ4v) is 8.68. The fraction of sp³-hybridized carbons (Fsp3) is 0.132. The van der Waals surface area contributed by atoms with Crippen molar-refractivity contribution in [3.63, 3.8) is 0 Å². The molecule has 5 nitrogen and oxygen atoms in total. The second-order valence-electron chi connectivity index (χ2n) is 15.7. The molecule has 0 saturated heterocycles. The molecule has 4 aromatic carbocycles. The van der Waals surface area contributed by atoms with E-state index < -0.39 is 17.5 Å². The van der Waals surface area contributed by atoms with Gasteiger partial charge >= 0.3 is 0 Å². The standard InChI is InChI=1S/C53H45F2N5/c1-37-32-47(60(46-17-11-31-57-36-46)43-24-20-41(21-25-43)39-14-8-5-9-15-39)33-49(54)52(37)51-29-28-50(58(51)3)48-27-26-44(34-53(48,2)55)59(45-16-10-30-56-35-45)42-22-18-40(19-23-42)38-12-6-4-7-13-38/h4-37,48,52H,1-3H3. The Bertz CT molecular complexity index is 2560. The summed E-state index contributed by atoms with van der Waals surface area (Å²) in [6.45, 7) is 3.66. The zero-order valence-electron chi connectivity index (χ0n) is 33.8. The summed E-state index contributed by atoms with van der Waals surface area (Å²) in [6.07, 6.45) is 16.4. The fourth-order valence-electron chi connectivity index (χ4n) is 8.68. The van der Waals surface area contributed by atoms with Gasteiger partial charge in [-0.25, -0.2) is 8.78 Å². The van der Waals surface area contributed by atoms with Gasteiger partial charge in [-0.15, -0.1) is 0 Å². The van der Waals surface area contributed by atoms with Crippen LogP contribution in [0.4, 0.5) is 31.5 Å². The zero-order valence-corrected chi connectivity index (χ0v) is 33.8. The third-order valence-corrected chi connectivity index (χ3v) is 11.7. The Hall–Kier alpha value is -7.12. The molecule has 2 aliphatic carbocycles. The lowest BCUT2D eigenvalue weighted by Gasteiger charge is -2.35. The highest BCUT2D eigenvalue weighted by atomic mass is 19.1. The molecule has 0 spiro atoms. The second-order valence-corrected chi connectivity index (χ2v) is 15.7. The Kier molecular flexibility index (Phi) is 10.4. The number of alkyl halides is 1. The summed E-state index contributed by atoms with van der Waals surface area (Å²) < 4.78 is 35.9. The van der Waals surface area contributed by atoms with Crippen LogP contribution in [-0.4, -0.2) is 20.2 Å². The van der Waals surface area contributed by atoms with Gasteiger partial charge in [-0.2, -0.15) is 0 Å². The number of halogens is 2. The molecule has 0 amide bonds. The van der Waals surface area contributed by atoms with Crippen LogP contribution >= 0.6 is 0 Å². The van der Waals surface area contributed by atoms with Crippen LogP contribution in [0.25, 0.3) is 22.3 Å². The first-order valence-electron chi connectivity index (χ1n) is 20.3. The first-order valence-corrected chi connectivity index (χ1v) is 20.3. The summed E-state index contributed by atoms with van der Waals surface area (Å²) >= 11 is 0. The van der Waals surface area contributed by atoms with Crippen LogP contribution in [0.1, 0.15) is 37.1 Å². The molecular weight excluding hydrogens is 745 g/mol. The smallest absolute Gasteiger partial charge is 0.140 e. The summed E-state index contributed by atoms with van der Waals surface area (Å²) in [6, 6.07) is 48.7. The van der Waals surface area contributed by atoms with Gasteiger partial charge < -0.3 is 14.4 Å². The van der Waals surface area contributed by atoms with Gasteiger partial charge in [-0.3, -0.25) is 9.97 Å². The molecule has 7 heteroatoms. The number of allylic oxidation sites excluding steroid dienone is 6. The molecule has 0 saturated carbocycles. The van der Waals surface area contributed by atoms with Crippen molar-refractivity contribution in [2.45, 2.75) is 31.4 Å². The molecule has 7 aromatic rings. The van der Waals surface area contributed by atoms with E-state index in [1.807, 2.05) is 113 Å². The maximum absolute atomic E-state index is 17.2. The van der Waals surface area contributed by atoms with E-state index in [0.717, 1.165) is 62.1 Å². The average molecular weight is 790 g/mol. The lowest BCUT2D eigenvalue weighted by atomic mass is 9.83. The lowest BCUT2D eigenvalue weighted by molar-refractivity contribution is 0.224. The van der Waals surface area contributed by atoms with E-state index >= 15 is 8.78 Å². The van der Waals surface area contributed by atoms with Crippen LogP contribution in [0.3, 0.4) is 0 Å². The van der Waals surface area contributed by atoms with Crippen molar-refractivity contribution in [2.24, 2.45) is 13.0 Å². The van der Waals surface area contributed by atoms with Crippen LogP contribution in [-0.2, 0) is 7.05 Å². The van der Waals surface area contributed by atoms with Crippen molar-refractivity contribution in [1.82, 2.24) is 14.5 Å². The monoisotopic (exact) mass is 789 g/mol. The molecule has 0 fully saturated rings. The summed E-state index contributed by atoms with van der Waals surface area (Å²) in [5.41, 5.74) is 9.11. The van der Waals surface area contributed by atoms with Gasteiger partial charge in [-0.05, 0) is 114 Å². The molecule has 2 aliphatic rings. The molecule has 0 bridgehead atoms. The molecule has 3 heterocycles. The van der Waals surface area contributed by atoms with E-state index in [-0.39, 0.29) is 11.7 Å². The third-order valence-electron chi connectivity index (χ3n) is 11.7. The number of rotatable bonds is 10. The Balaban J connectivity index is 0.990. The molecule has 0 radical (unpaired) electrons. The van der Waals surface area contributed by atoms with Crippen molar-refractivity contribution < 1.29 is 8.78 Å². The lowest BCUT2D eigenvalue weighted by Crippen LogP contribution is -2.31. The predicted molar refractivity (Wildman–Crippen MR) is 241 cm³/mol. The highest BCUT2D eigenvalue weighted by Crippen LogP contribution is 2.46. The molecule has 60 heavy (non-hydrogen) atoms. The number of hydrogen-bond donors (Lipinski definition) is 0. The molecule has 296 valence electrons. The number of hydrogen-bond acceptors (Lipinski definition) is 4. The Morgan fingerprint density at radius 1 is 0.583 bits per heavy atom. The van der Waals surface area contributed by atoms with E-state index in [1.165, 1.54) is 0 Å². The average Bonchev–Trinajstić information content (AvgIpc) is 3.64. The highest BCUT2D eigenvalue weighted by Gasteiger charge is 2.39. The summed E-state index contributed by atoms with van der Waals surface area (Å²) in [4.78, 5) is 12.8. The Labute approximate surface area is 350 Å². The van der Waals surface area contributed by atoms with Crippen molar-refractivity contribution in [3.8, 4) is 22.3 Å². The maximum Gasteiger partial charge on any atom is 0.140 e. The van der Waals surface area contributed by atoms with Gasteiger partial charge in [0.05, 0.1) is 35.6 Å². The van der Waals surface area contributed by atoms with E-state index in [9.17, 15) is 0 Å². The van der Waals surface area contributed by atoms with Crippen molar-refractivity contribution in [2.75, 3.05) is 9.80 Å². The number of benzene rings is 4. The Morgan fingerprint density at radius 2 is 1.08 bits per heavy atom. The van der Waals surface area contributed by atoms with E-state index in [0.29, 0.717) is 5.70 Å². The van der Waals surface area contributed by atoms with E-state index in [1.54, 1.807) is 43.9 Å². The summed E-state index contributed by atoms with van der Waals surface area (Å²) in [5.74, 6) is -1.61. The first-order chi connectivity index (χ1) is 29.2. The van der Waals surface area contributed by atoms with Crippen molar-refractivity contribution in [1.29, 1.82) is 0 Å². The summed E-state index contributed by atoms with van der Waals surface area (Å²) in [5, 5.41) is 0. The van der Waals surface area contributed by atoms with Gasteiger partial charge in [0, 0.05) is 53.6 Å². The Morgan fingerprint density at radius 3 is 1.57 bits per heavy atom. The van der Waals surface area contributed by atoms with Gasteiger partial charge in [0.2, 0.25) is 0 Å². The molecular formula is C53H45F2N5. The molecule has 0 N–H and O–H groups in total. The van der Waals surface area contributed by atoms with Crippen LogP contribution in [0.5, 0.6) is 0 Å². The second kappa shape index (κ2) is 16.3. The van der Waals surface area contributed by atoms with Crippen LogP contribution in [0.15, 0.2) is 218 Å². The quantitative estimate of drug-likeness (QED) is 0.138. The number of aromatic nitrogens is 3. The van der Waals surface area contributed by atoms with Crippen LogP contribution in [0, 0.1) is 5.92 Å². The molecule has 3 aromatic heterocycles. The highest BCUT2D eigenvalue weighted by molar-refractivity contribution is 5.75. The number of anilines is 4. The van der Waals surface area contributed by atoms with Crippen molar-refractivity contribution in [3.05, 3.63) is 229 Å². The maximum atomic E-state index is 17.2. The normalized spacial score (nSPS) is 19.9. The summed E-state index contributed by atoms with van der Waals surface area (Å²) in [7, 11) is 1.92. The van der Waals surface area contributed by atoms with E-state index in [2.05, 4.69) is 88.8 Å². The van der Waals surface area contributed by atoms with Crippen LogP contribution < -0.4 is 9.80 Å². The van der Waals surface area contributed by atoms with Crippen LogP contribution in [0.2, 0.25) is 0 Å². The van der Waals surface area contributed by atoms with Gasteiger partial charge in [0.25, 0.3) is 0 Å². The minimum atomic E-state index is -1.77.